The van der Waals surface area contributed by atoms with E-state index in [2.05, 4.69) is 47.6 Å². The number of Topliss-reactive ketones (excluding diaryl/α,β-unsaturated/α-hetero) is 1. The SMILES string of the molecule is CC1=C(O)C(=O)C[C@H](O[C@@H]2CC(C)(C)C[C@H]3C4=CC[C@@H]5[C@@]6(C)CC[C@H](O[C@@H]7O[C@H](C(=O)O)[C@@H](O)[C@H](O)[C@H]7O[C@@H]7O[C@H](CO)[C@@H](O)[C@H](O)[C@H]7O)[C@](C)(CO)[C@@H]6CC[C@@]5(C)[C@]4(C)CC[C@@]23C)O1. The van der Waals surface area contributed by atoms with Crippen molar-refractivity contribution in [2.24, 2.45) is 50.2 Å². The predicted molar refractivity (Wildman–Crippen MR) is 228 cm³/mol. The first-order valence-electron chi connectivity index (χ1n) is 23.7. The number of aliphatic hydroxyl groups excluding tert-OH is 8. The van der Waals surface area contributed by atoms with Crippen LogP contribution in [0.2, 0.25) is 0 Å². The van der Waals surface area contributed by atoms with E-state index < -0.39 is 91.8 Å². The summed E-state index contributed by atoms with van der Waals surface area (Å²) in [4.78, 5) is 24.9. The van der Waals surface area contributed by atoms with E-state index in [4.69, 9.17) is 28.4 Å². The summed E-state index contributed by atoms with van der Waals surface area (Å²) in [6.45, 7) is 16.7. The molecule has 21 atom stereocenters. The molecule has 0 aromatic rings. The van der Waals surface area contributed by atoms with E-state index in [1.165, 1.54) is 5.57 Å². The van der Waals surface area contributed by atoms with E-state index in [0.29, 0.717) is 12.8 Å². The van der Waals surface area contributed by atoms with Gasteiger partial charge in [-0.05, 0) is 104 Å². The number of fused-ring (bicyclic) bond motifs is 7. The molecule has 65 heavy (non-hydrogen) atoms. The molecule has 5 aliphatic carbocycles. The molecule has 0 aromatic heterocycles. The number of allylic oxidation sites excluding steroid dienone is 4. The van der Waals surface area contributed by atoms with E-state index in [0.717, 1.165) is 44.9 Å². The van der Waals surface area contributed by atoms with Gasteiger partial charge in [0.15, 0.2) is 24.4 Å². The van der Waals surface area contributed by atoms with Crippen LogP contribution in [0.25, 0.3) is 0 Å². The standard InChI is InChI=1S/C48H74O17/c1-22-32(52)25(51)17-31(60-22)62-30-19-43(2,3)18-24-23-9-10-28-45(5)13-12-29(46(6,21-50)27(45)11-14-48(28,8)47(23,7)16-15-44(24,30)4)63-42-39(36(56)35(55)38(64-42)40(58)59)65-41-37(57)34(54)33(53)26(20-49)61-41/h9,24,26-31,33-39,41-42,49-50,52-57H,10-21H2,1-8H3,(H,58,59)/t24-,26+,27+,28+,29-,30+,31-,33+,34-,35-,36-,37+,38-,39+,41-,42+,44+,45-,46+,47+,48+/m0/s1. The molecular weight excluding hydrogens is 849 g/mol. The van der Waals surface area contributed by atoms with Gasteiger partial charge in [0.1, 0.15) is 48.5 Å². The first kappa shape index (κ1) is 49.2. The number of ether oxygens (including phenoxy) is 6. The molecule has 0 bridgehead atoms. The Kier molecular flexibility index (Phi) is 12.9. The molecule has 9 N–H and O–H groups in total. The Morgan fingerprint density at radius 3 is 2.12 bits per heavy atom. The third kappa shape index (κ3) is 7.65. The van der Waals surface area contributed by atoms with Gasteiger partial charge in [-0.25, -0.2) is 4.79 Å². The maximum Gasteiger partial charge on any atom is 0.335 e. The van der Waals surface area contributed by atoms with Gasteiger partial charge in [-0.3, -0.25) is 4.79 Å². The summed E-state index contributed by atoms with van der Waals surface area (Å²) in [6, 6.07) is 0. The van der Waals surface area contributed by atoms with E-state index in [-0.39, 0.29) is 81.3 Å². The average Bonchev–Trinajstić information content (AvgIpc) is 3.24. The summed E-state index contributed by atoms with van der Waals surface area (Å²) in [5.74, 6) is -1.70. The van der Waals surface area contributed by atoms with Crippen LogP contribution >= 0.6 is 0 Å². The molecule has 3 heterocycles. The van der Waals surface area contributed by atoms with Gasteiger partial charge in [-0.1, -0.05) is 60.1 Å². The van der Waals surface area contributed by atoms with Gasteiger partial charge in [0.25, 0.3) is 0 Å². The lowest BCUT2D eigenvalue weighted by atomic mass is 9.33. The van der Waals surface area contributed by atoms with Crippen LogP contribution in [0.15, 0.2) is 23.2 Å². The summed E-state index contributed by atoms with van der Waals surface area (Å²) < 4.78 is 36.7. The molecule has 3 aliphatic heterocycles. The van der Waals surface area contributed by atoms with Crippen LogP contribution in [0.4, 0.5) is 0 Å². The zero-order valence-corrected chi connectivity index (χ0v) is 39.1. The van der Waals surface area contributed by atoms with Crippen molar-refractivity contribution in [3.8, 4) is 0 Å². The van der Waals surface area contributed by atoms with E-state index >= 15 is 0 Å². The quantitative estimate of drug-likeness (QED) is 0.119. The van der Waals surface area contributed by atoms with Crippen molar-refractivity contribution < 1.29 is 84.0 Å². The Balaban J connectivity index is 1.06. The fourth-order valence-corrected chi connectivity index (χ4v) is 14.9. The highest BCUT2D eigenvalue weighted by Gasteiger charge is 2.70. The lowest BCUT2D eigenvalue weighted by Crippen LogP contribution is -2.68. The minimum atomic E-state index is -1.99. The van der Waals surface area contributed by atoms with E-state index in [9.17, 15) is 55.5 Å². The largest absolute Gasteiger partial charge is 0.502 e. The number of aliphatic carboxylic acids is 1. The van der Waals surface area contributed by atoms with Crippen LogP contribution in [0.5, 0.6) is 0 Å². The number of hydrogen-bond donors (Lipinski definition) is 9. The molecular formula is C48H74O17. The molecule has 0 amide bonds. The maximum absolute atomic E-state index is 12.6. The Morgan fingerprint density at radius 1 is 0.769 bits per heavy atom. The molecule has 0 spiro atoms. The number of carboxylic acid groups (broad SMARTS) is 1. The molecule has 6 fully saturated rings. The highest BCUT2D eigenvalue weighted by atomic mass is 16.8. The van der Waals surface area contributed by atoms with Crippen LogP contribution in [-0.4, -0.2) is 151 Å². The Labute approximate surface area is 381 Å². The molecule has 0 radical (unpaired) electrons. The monoisotopic (exact) mass is 922 g/mol. The van der Waals surface area contributed by atoms with Gasteiger partial charge in [-0.2, -0.15) is 0 Å². The van der Waals surface area contributed by atoms with Crippen molar-refractivity contribution in [2.45, 2.75) is 200 Å². The minimum absolute atomic E-state index is 0.0302. The van der Waals surface area contributed by atoms with Crippen molar-refractivity contribution in [3.63, 3.8) is 0 Å². The summed E-state index contributed by atoms with van der Waals surface area (Å²) in [7, 11) is 0. The van der Waals surface area contributed by atoms with Crippen molar-refractivity contribution >= 4 is 11.8 Å². The number of ketones is 1. The van der Waals surface area contributed by atoms with E-state index in [1.807, 2.05) is 6.92 Å². The van der Waals surface area contributed by atoms with Crippen molar-refractivity contribution in [1.29, 1.82) is 0 Å². The number of carbonyl (C=O) groups is 2. The normalized spacial score (nSPS) is 52.0. The van der Waals surface area contributed by atoms with Crippen molar-refractivity contribution in [3.05, 3.63) is 23.2 Å². The molecule has 17 heteroatoms. The van der Waals surface area contributed by atoms with Gasteiger partial charge >= 0.3 is 5.97 Å². The summed E-state index contributed by atoms with van der Waals surface area (Å²) in [5.41, 5.74) is -0.212. The summed E-state index contributed by atoms with van der Waals surface area (Å²) >= 11 is 0. The van der Waals surface area contributed by atoms with Gasteiger partial charge in [0.05, 0.1) is 31.8 Å². The molecule has 0 aromatic carbocycles. The molecule has 0 unspecified atom stereocenters. The maximum atomic E-state index is 12.6. The van der Waals surface area contributed by atoms with Crippen LogP contribution in [0, 0.1) is 50.2 Å². The Bertz CT molecular complexity index is 1900. The third-order valence-electron chi connectivity index (χ3n) is 19.0. The highest BCUT2D eigenvalue weighted by molar-refractivity contribution is 5.94. The summed E-state index contributed by atoms with van der Waals surface area (Å²) in [5, 5.41) is 95.2. The number of rotatable bonds is 9. The average molecular weight is 923 g/mol. The second-order valence-electron chi connectivity index (χ2n) is 23.0. The van der Waals surface area contributed by atoms with Gasteiger partial charge in [0, 0.05) is 10.8 Å². The number of carboxylic acids is 1. The fraction of sp³-hybridized carbons (Fsp3) is 0.875. The third-order valence-corrected chi connectivity index (χ3v) is 19.0. The number of aliphatic hydroxyl groups is 8. The first-order chi connectivity index (χ1) is 30.3. The van der Waals surface area contributed by atoms with Crippen LogP contribution in [0.1, 0.15) is 120 Å². The lowest BCUT2D eigenvalue weighted by molar-refractivity contribution is -0.375. The number of hydrogen-bond acceptors (Lipinski definition) is 16. The van der Waals surface area contributed by atoms with Crippen LogP contribution in [-0.2, 0) is 38.0 Å². The zero-order valence-electron chi connectivity index (χ0n) is 39.1. The summed E-state index contributed by atoms with van der Waals surface area (Å²) in [6.07, 6.45) is -9.54. The van der Waals surface area contributed by atoms with Crippen LogP contribution in [0.3, 0.4) is 0 Å². The topological polar surface area (TPSA) is 272 Å². The lowest BCUT2D eigenvalue weighted by Gasteiger charge is -2.72. The highest BCUT2D eigenvalue weighted by Crippen LogP contribution is 2.76. The van der Waals surface area contributed by atoms with Crippen LogP contribution < -0.4 is 0 Å². The second-order valence-corrected chi connectivity index (χ2v) is 23.0. The first-order valence-corrected chi connectivity index (χ1v) is 23.7. The Hall–Kier alpha value is -2.26. The van der Waals surface area contributed by atoms with Gasteiger partial charge < -0.3 is 74.4 Å². The van der Waals surface area contributed by atoms with Crippen molar-refractivity contribution in [1.82, 2.24) is 0 Å². The molecule has 8 rings (SSSR count). The predicted octanol–water partition coefficient (Wildman–Crippen LogP) is 2.98. The fourth-order valence-electron chi connectivity index (χ4n) is 14.9. The Morgan fingerprint density at radius 2 is 1.48 bits per heavy atom. The van der Waals surface area contributed by atoms with Crippen molar-refractivity contribution in [2.75, 3.05) is 13.2 Å². The van der Waals surface area contributed by atoms with Gasteiger partial charge in [0.2, 0.25) is 12.1 Å². The smallest absolute Gasteiger partial charge is 0.335 e. The second kappa shape index (κ2) is 17.0. The molecule has 4 saturated carbocycles. The number of carbonyl (C=O) groups excluding carboxylic acids is 1. The molecule has 368 valence electrons. The van der Waals surface area contributed by atoms with E-state index in [1.54, 1.807) is 6.92 Å². The molecule has 2 saturated heterocycles. The molecule has 8 aliphatic rings. The minimum Gasteiger partial charge on any atom is -0.502 e. The molecule has 17 nitrogen and oxygen atoms in total. The zero-order chi connectivity index (χ0) is 47.6. The van der Waals surface area contributed by atoms with Gasteiger partial charge in [-0.15, -0.1) is 0 Å².